The number of hydrogen-bond acceptors (Lipinski definition) is 9. The molecule has 3 aromatic heterocycles. The summed E-state index contributed by atoms with van der Waals surface area (Å²) in [5.41, 5.74) is 5.71. The minimum absolute atomic E-state index is 0.118. The third kappa shape index (κ3) is 3.43. The maximum Gasteiger partial charge on any atom is 0.260 e. The van der Waals surface area contributed by atoms with Crippen molar-refractivity contribution in [2.45, 2.75) is 25.6 Å². The monoisotopic (exact) mass is 465 g/mol. The summed E-state index contributed by atoms with van der Waals surface area (Å²) in [6.45, 7) is 3.46. The highest BCUT2D eigenvalue weighted by molar-refractivity contribution is 6.06. The molecule has 0 spiro atoms. The van der Waals surface area contributed by atoms with E-state index in [-0.39, 0.29) is 19.0 Å². The molecule has 1 aliphatic heterocycles. The van der Waals surface area contributed by atoms with Crippen molar-refractivity contribution < 1.29 is 24.0 Å². The fourth-order valence-corrected chi connectivity index (χ4v) is 4.07. The molecule has 1 fully saturated rings. The maximum absolute atomic E-state index is 13.3. The van der Waals surface area contributed by atoms with Crippen molar-refractivity contribution in [3.8, 4) is 0 Å². The zero-order valence-electron chi connectivity index (χ0n) is 18.8. The van der Waals surface area contributed by atoms with Crippen molar-refractivity contribution in [2.24, 2.45) is 7.05 Å². The molecule has 176 valence electrons. The first kappa shape index (κ1) is 21.8. The van der Waals surface area contributed by atoms with Gasteiger partial charge in [0.15, 0.2) is 28.8 Å². The van der Waals surface area contributed by atoms with Crippen molar-refractivity contribution in [3.63, 3.8) is 0 Å². The van der Waals surface area contributed by atoms with Crippen LogP contribution in [0, 0.1) is 6.92 Å². The van der Waals surface area contributed by atoms with Crippen LogP contribution in [0.15, 0.2) is 34.9 Å². The predicted octanol–water partition coefficient (Wildman–Crippen LogP) is 1.12. The topological polar surface area (TPSA) is 162 Å². The van der Waals surface area contributed by atoms with Gasteiger partial charge in [-0.15, -0.1) is 0 Å². The van der Waals surface area contributed by atoms with Gasteiger partial charge in [-0.3, -0.25) is 19.2 Å². The first-order chi connectivity index (χ1) is 16.2. The van der Waals surface area contributed by atoms with Gasteiger partial charge in [0.2, 0.25) is 0 Å². The molecule has 12 heteroatoms. The number of rotatable bonds is 4. The lowest BCUT2D eigenvalue weighted by Gasteiger charge is -2.37. The summed E-state index contributed by atoms with van der Waals surface area (Å²) in [7, 11) is 1.77. The molecule has 0 bridgehead atoms. The number of morpholine rings is 1. The number of nitrogen functional groups attached to an aromatic ring is 1. The van der Waals surface area contributed by atoms with E-state index in [9.17, 15) is 14.7 Å². The summed E-state index contributed by atoms with van der Waals surface area (Å²) >= 11 is 0. The Bertz CT molecular complexity index is 1440. The third-order valence-corrected chi connectivity index (χ3v) is 5.95. The highest BCUT2D eigenvalue weighted by atomic mass is 16.5. The molecule has 2 amide bonds. The molecule has 4 aromatic rings. The summed E-state index contributed by atoms with van der Waals surface area (Å²) in [4.78, 5) is 32.2. The van der Waals surface area contributed by atoms with Crippen LogP contribution in [0.4, 0.5) is 17.3 Å². The number of anilines is 3. The number of carbonyl (C=O) groups excluding carboxylic acids is 2. The number of aryl methyl sites for hydroxylation is 2. The van der Waals surface area contributed by atoms with E-state index in [1.54, 1.807) is 29.9 Å². The molecule has 0 aliphatic carbocycles. The molecular formula is C22H23N7O5. The Labute approximate surface area is 193 Å². The van der Waals surface area contributed by atoms with E-state index in [1.165, 1.54) is 17.9 Å². The predicted molar refractivity (Wildman–Crippen MR) is 123 cm³/mol. The number of carbonyl (C=O) groups is 2. The molecule has 2 atom stereocenters. The van der Waals surface area contributed by atoms with Crippen molar-refractivity contribution in [1.82, 2.24) is 19.9 Å². The summed E-state index contributed by atoms with van der Waals surface area (Å²) in [6.07, 6.45) is -1.43. The number of aromatic nitrogens is 4. The van der Waals surface area contributed by atoms with E-state index >= 15 is 0 Å². The van der Waals surface area contributed by atoms with Gasteiger partial charge < -0.3 is 25.4 Å². The molecule has 0 radical (unpaired) electrons. The summed E-state index contributed by atoms with van der Waals surface area (Å²) < 4.78 is 12.3. The lowest BCUT2D eigenvalue weighted by atomic mass is 9.95. The van der Waals surface area contributed by atoms with Crippen LogP contribution in [0.5, 0.6) is 0 Å². The number of fused-ring (bicyclic) bond motifs is 2. The van der Waals surface area contributed by atoms with Crippen molar-refractivity contribution in [2.75, 3.05) is 29.1 Å². The van der Waals surface area contributed by atoms with E-state index in [4.69, 9.17) is 15.0 Å². The fourth-order valence-electron chi connectivity index (χ4n) is 4.07. The number of aliphatic hydroxyl groups is 1. The van der Waals surface area contributed by atoms with E-state index in [1.807, 2.05) is 13.0 Å². The summed E-state index contributed by atoms with van der Waals surface area (Å²) in [5.74, 6) is -0.770. The number of ether oxygens (including phenoxy) is 1. The second kappa shape index (κ2) is 7.78. The number of amides is 2. The molecule has 4 N–H and O–H groups in total. The highest BCUT2D eigenvalue weighted by Gasteiger charge is 2.48. The molecule has 1 aliphatic rings. The summed E-state index contributed by atoms with van der Waals surface area (Å²) in [6, 6.07) is 8.31. The average Bonchev–Trinajstić information content (AvgIpc) is 3.32. The molecule has 5 rings (SSSR count). The standard InChI is InChI=1S/C22H23N7O5/c1-11-13-6-7-16(25-19(13)28(3)26-11)29-8-9-33-17(20(29)30)22(2,32)21(31)24-12-4-5-14-15(10-12)34-27-18(14)23/h4-7,10,17,32H,8-9H2,1-3H3,(H2,23,27)(H,24,31). The van der Waals surface area contributed by atoms with Gasteiger partial charge in [0.25, 0.3) is 11.8 Å². The largest absolute Gasteiger partial charge is 0.380 e. The van der Waals surface area contributed by atoms with Gasteiger partial charge in [0, 0.05) is 24.2 Å². The smallest absolute Gasteiger partial charge is 0.260 e. The van der Waals surface area contributed by atoms with Gasteiger partial charge in [-0.25, -0.2) is 4.98 Å². The van der Waals surface area contributed by atoms with Crippen LogP contribution in [0.3, 0.4) is 0 Å². The maximum atomic E-state index is 13.3. The quantitative estimate of drug-likeness (QED) is 0.401. The Hall–Kier alpha value is -4.03. The van der Waals surface area contributed by atoms with E-state index in [2.05, 4.69) is 20.6 Å². The minimum atomic E-state index is -2.17. The number of hydrogen-bond donors (Lipinski definition) is 3. The minimum Gasteiger partial charge on any atom is -0.380 e. The number of nitrogens with zero attached hydrogens (tertiary/aromatic N) is 5. The Morgan fingerprint density at radius 3 is 2.85 bits per heavy atom. The molecule has 2 unspecified atom stereocenters. The molecule has 34 heavy (non-hydrogen) atoms. The van der Waals surface area contributed by atoms with Gasteiger partial charge in [0.05, 0.1) is 24.2 Å². The zero-order chi connectivity index (χ0) is 24.2. The van der Waals surface area contributed by atoms with Gasteiger partial charge in [0.1, 0.15) is 5.82 Å². The lowest BCUT2D eigenvalue weighted by Crippen LogP contribution is -2.61. The zero-order valence-corrected chi connectivity index (χ0v) is 18.8. The SMILES string of the molecule is Cc1nn(C)c2nc(N3CCOC(C(C)(O)C(=O)Nc4ccc5c(N)noc5c4)C3=O)ccc12. The van der Waals surface area contributed by atoms with Gasteiger partial charge >= 0.3 is 0 Å². The first-order valence-corrected chi connectivity index (χ1v) is 10.6. The van der Waals surface area contributed by atoms with Crippen LogP contribution < -0.4 is 16.0 Å². The number of pyridine rings is 1. The van der Waals surface area contributed by atoms with Crippen LogP contribution in [-0.4, -0.2) is 61.7 Å². The molecule has 1 saturated heterocycles. The van der Waals surface area contributed by atoms with Crippen LogP contribution in [0.25, 0.3) is 22.0 Å². The van der Waals surface area contributed by atoms with Crippen LogP contribution in [0.1, 0.15) is 12.6 Å². The molecular weight excluding hydrogens is 442 g/mol. The van der Waals surface area contributed by atoms with Gasteiger partial charge in [-0.05, 0) is 38.1 Å². The average molecular weight is 465 g/mol. The van der Waals surface area contributed by atoms with Crippen molar-refractivity contribution in [3.05, 3.63) is 36.0 Å². The number of benzene rings is 1. The Morgan fingerprint density at radius 1 is 1.29 bits per heavy atom. The molecule has 4 heterocycles. The van der Waals surface area contributed by atoms with Gasteiger partial charge in [-0.2, -0.15) is 5.10 Å². The molecule has 0 saturated carbocycles. The number of nitrogens with two attached hydrogens (primary N) is 1. The lowest BCUT2D eigenvalue weighted by molar-refractivity contribution is -0.165. The van der Waals surface area contributed by atoms with Crippen molar-refractivity contribution >= 4 is 51.1 Å². The van der Waals surface area contributed by atoms with Crippen LogP contribution >= 0.6 is 0 Å². The normalized spacial score (nSPS) is 18.4. The van der Waals surface area contributed by atoms with E-state index in [0.717, 1.165) is 11.1 Å². The Balaban J connectivity index is 1.38. The summed E-state index contributed by atoms with van der Waals surface area (Å²) in [5, 5.41) is 23.2. The van der Waals surface area contributed by atoms with Gasteiger partial charge in [-0.1, -0.05) is 5.16 Å². The second-order valence-corrected chi connectivity index (χ2v) is 8.37. The second-order valence-electron chi connectivity index (χ2n) is 8.37. The molecule has 12 nitrogen and oxygen atoms in total. The highest BCUT2D eigenvalue weighted by Crippen LogP contribution is 2.28. The number of nitrogens with one attached hydrogen (secondary N) is 1. The van der Waals surface area contributed by atoms with Crippen molar-refractivity contribution in [1.29, 1.82) is 0 Å². The fraction of sp³-hybridized carbons (Fsp3) is 0.318. The van der Waals surface area contributed by atoms with Crippen LogP contribution in [0.2, 0.25) is 0 Å². The molecule has 1 aromatic carbocycles. The Kier molecular flexibility index (Phi) is 4.99. The van der Waals surface area contributed by atoms with E-state index < -0.39 is 23.5 Å². The third-order valence-electron chi connectivity index (χ3n) is 5.95. The van der Waals surface area contributed by atoms with Crippen LogP contribution in [-0.2, 0) is 21.4 Å². The first-order valence-electron chi connectivity index (χ1n) is 10.6. The Morgan fingerprint density at radius 2 is 2.06 bits per heavy atom. The van der Waals surface area contributed by atoms with E-state index in [0.29, 0.717) is 28.1 Å².